The minimum atomic E-state index is -0.736. The van der Waals surface area contributed by atoms with Crippen LogP contribution in [-0.4, -0.2) is 16.2 Å². The van der Waals surface area contributed by atoms with Gasteiger partial charge in [0.15, 0.2) is 0 Å². The molecule has 3 nitrogen and oxygen atoms in total. The third kappa shape index (κ3) is 6.84. The number of unbranched alkanes of at least 4 members (excludes halogenated alkanes) is 1. The molecule has 0 bridgehead atoms. The number of aryl methyl sites for hydroxylation is 1. The van der Waals surface area contributed by atoms with Crippen molar-refractivity contribution in [2.24, 2.45) is 5.92 Å². The van der Waals surface area contributed by atoms with Crippen LogP contribution in [0.1, 0.15) is 42.4 Å². The van der Waals surface area contributed by atoms with Gasteiger partial charge in [0, 0.05) is 12.0 Å². The first-order valence-corrected chi connectivity index (χ1v) is 8.78. The molecule has 2 rings (SSSR count). The fourth-order valence-electron chi connectivity index (χ4n) is 2.84. The number of phenols is 1. The second-order valence-electron chi connectivity index (χ2n) is 6.51. The van der Waals surface area contributed by atoms with Gasteiger partial charge in [0.25, 0.3) is 0 Å². The molecule has 0 radical (unpaired) electrons. The maximum atomic E-state index is 10.7. The highest BCUT2D eigenvalue weighted by molar-refractivity contribution is 5.66. The van der Waals surface area contributed by atoms with Crippen LogP contribution in [-0.2, 0) is 11.2 Å². The summed E-state index contributed by atoms with van der Waals surface area (Å²) in [7, 11) is 0. The number of carboxylic acid groups (broad SMARTS) is 1. The lowest BCUT2D eigenvalue weighted by Gasteiger charge is -2.13. The molecule has 0 saturated heterocycles. The van der Waals surface area contributed by atoms with E-state index in [9.17, 15) is 9.90 Å². The van der Waals surface area contributed by atoms with E-state index < -0.39 is 5.97 Å². The van der Waals surface area contributed by atoms with E-state index in [1.165, 1.54) is 11.1 Å². The van der Waals surface area contributed by atoms with Gasteiger partial charge in [-0.15, -0.1) is 0 Å². The van der Waals surface area contributed by atoms with E-state index >= 15 is 0 Å². The van der Waals surface area contributed by atoms with E-state index in [0.717, 1.165) is 24.8 Å². The Bertz CT molecular complexity index is 701. The Hall–Kier alpha value is -2.55. The summed E-state index contributed by atoms with van der Waals surface area (Å²) in [5.74, 6) is -0.144. The predicted molar refractivity (Wildman–Crippen MR) is 102 cm³/mol. The van der Waals surface area contributed by atoms with Crippen molar-refractivity contribution in [1.29, 1.82) is 0 Å². The van der Waals surface area contributed by atoms with Crippen LogP contribution in [0.3, 0.4) is 0 Å². The number of hydrogen-bond donors (Lipinski definition) is 2. The molecule has 1 unspecified atom stereocenters. The summed E-state index contributed by atoms with van der Waals surface area (Å²) >= 11 is 0. The number of carboxylic acids is 1. The maximum absolute atomic E-state index is 10.7. The normalized spacial score (nSPS) is 12.4. The Morgan fingerprint density at radius 2 is 1.80 bits per heavy atom. The van der Waals surface area contributed by atoms with E-state index in [-0.39, 0.29) is 12.2 Å². The third-order valence-corrected chi connectivity index (χ3v) is 4.32. The number of para-hydroxylation sites is 1. The molecule has 132 valence electrons. The van der Waals surface area contributed by atoms with Crippen LogP contribution < -0.4 is 0 Å². The van der Waals surface area contributed by atoms with Crippen molar-refractivity contribution in [2.45, 2.75) is 39.0 Å². The van der Waals surface area contributed by atoms with Crippen LogP contribution in [0.25, 0.3) is 6.08 Å². The second-order valence-corrected chi connectivity index (χ2v) is 6.51. The molecule has 2 N–H and O–H groups in total. The van der Waals surface area contributed by atoms with Crippen molar-refractivity contribution >= 4 is 12.0 Å². The van der Waals surface area contributed by atoms with Gasteiger partial charge < -0.3 is 10.2 Å². The number of rotatable bonds is 9. The lowest BCUT2D eigenvalue weighted by atomic mass is 9.92. The van der Waals surface area contributed by atoms with Crippen LogP contribution >= 0.6 is 0 Å². The Kier molecular flexibility index (Phi) is 7.27. The van der Waals surface area contributed by atoms with Crippen molar-refractivity contribution in [3.8, 4) is 5.75 Å². The molecule has 1 atom stereocenters. The van der Waals surface area contributed by atoms with Gasteiger partial charge in [0.2, 0.25) is 0 Å². The van der Waals surface area contributed by atoms with Gasteiger partial charge in [0.05, 0.1) is 0 Å². The fraction of sp³-hybridized carbons (Fsp3) is 0.318. The summed E-state index contributed by atoms with van der Waals surface area (Å²) in [6.07, 6.45) is 7.75. The molecule has 0 saturated carbocycles. The van der Waals surface area contributed by atoms with Gasteiger partial charge in [-0.25, -0.2) is 0 Å². The smallest absolute Gasteiger partial charge is 0.303 e. The molecule has 0 aliphatic heterocycles. The first-order chi connectivity index (χ1) is 12.0. The summed E-state index contributed by atoms with van der Waals surface area (Å²) in [5, 5.41) is 18.7. The molecular formula is C22H26O3. The van der Waals surface area contributed by atoms with Crippen molar-refractivity contribution in [2.75, 3.05) is 0 Å². The van der Waals surface area contributed by atoms with E-state index in [4.69, 9.17) is 5.11 Å². The number of carbonyl (C=O) groups is 1. The van der Waals surface area contributed by atoms with E-state index in [1.54, 1.807) is 6.07 Å². The Morgan fingerprint density at radius 1 is 1.08 bits per heavy atom. The Labute approximate surface area is 149 Å². The van der Waals surface area contributed by atoms with Crippen LogP contribution in [0, 0.1) is 12.8 Å². The summed E-state index contributed by atoms with van der Waals surface area (Å²) in [5.41, 5.74) is 3.32. The highest BCUT2D eigenvalue weighted by Gasteiger charge is 2.08. The molecule has 3 heteroatoms. The molecule has 0 spiro atoms. The predicted octanol–water partition coefficient (Wildman–Crippen LogP) is 5.22. The quantitative estimate of drug-likeness (QED) is 0.616. The van der Waals surface area contributed by atoms with Crippen molar-refractivity contribution in [3.63, 3.8) is 0 Å². The SMILES string of the molecule is Cc1ccc(CC(/C=C/c2ccccc2O)CCCCC(=O)O)cc1. The standard InChI is InChI=1S/C22H26O3/c1-17-10-12-19(13-11-17)16-18(6-2-5-9-22(24)25)14-15-20-7-3-4-8-21(20)23/h3-4,7-8,10-15,18,23H,2,5-6,9,16H2,1H3,(H,24,25)/b15-14+. The number of phenolic OH excluding ortho intramolecular Hbond substituents is 1. The molecule has 0 aliphatic rings. The number of aliphatic carboxylic acids is 1. The van der Waals surface area contributed by atoms with E-state index in [0.29, 0.717) is 12.3 Å². The van der Waals surface area contributed by atoms with Gasteiger partial charge in [-0.05, 0) is 43.7 Å². The first-order valence-electron chi connectivity index (χ1n) is 8.78. The van der Waals surface area contributed by atoms with Gasteiger partial charge >= 0.3 is 5.97 Å². The highest BCUT2D eigenvalue weighted by atomic mass is 16.4. The van der Waals surface area contributed by atoms with Crippen molar-refractivity contribution in [3.05, 3.63) is 71.3 Å². The number of hydrogen-bond acceptors (Lipinski definition) is 2. The molecule has 0 fully saturated rings. The second kappa shape index (κ2) is 9.67. The summed E-state index contributed by atoms with van der Waals surface area (Å²) in [4.78, 5) is 10.7. The third-order valence-electron chi connectivity index (χ3n) is 4.32. The average molecular weight is 338 g/mol. The minimum absolute atomic E-state index is 0.223. The van der Waals surface area contributed by atoms with Gasteiger partial charge in [-0.2, -0.15) is 0 Å². The highest BCUT2D eigenvalue weighted by Crippen LogP contribution is 2.22. The first kappa shape index (κ1) is 18.8. The zero-order valence-electron chi connectivity index (χ0n) is 14.7. The van der Waals surface area contributed by atoms with Crippen molar-refractivity contribution < 1.29 is 15.0 Å². The van der Waals surface area contributed by atoms with Crippen LogP contribution in [0.4, 0.5) is 0 Å². The van der Waals surface area contributed by atoms with E-state index in [2.05, 4.69) is 37.3 Å². The molecule has 2 aromatic carbocycles. The van der Waals surface area contributed by atoms with Crippen molar-refractivity contribution in [1.82, 2.24) is 0 Å². The molecule has 25 heavy (non-hydrogen) atoms. The topological polar surface area (TPSA) is 57.5 Å². The van der Waals surface area contributed by atoms with Gasteiger partial charge in [-0.1, -0.05) is 66.6 Å². The summed E-state index contributed by atoms with van der Waals surface area (Å²) < 4.78 is 0. The molecule has 2 aromatic rings. The lowest BCUT2D eigenvalue weighted by molar-refractivity contribution is -0.137. The Morgan fingerprint density at radius 3 is 2.48 bits per heavy atom. The largest absolute Gasteiger partial charge is 0.507 e. The number of aromatic hydroxyl groups is 1. The minimum Gasteiger partial charge on any atom is -0.507 e. The van der Waals surface area contributed by atoms with Gasteiger partial charge in [-0.3, -0.25) is 4.79 Å². The van der Waals surface area contributed by atoms with Crippen LogP contribution in [0.5, 0.6) is 5.75 Å². The molecular weight excluding hydrogens is 312 g/mol. The van der Waals surface area contributed by atoms with Crippen LogP contribution in [0.2, 0.25) is 0 Å². The van der Waals surface area contributed by atoms with Gasteiger partial charge in [0.1, 0.15) is 5.75 Å². The van der Waals surface area contributed by atoms with Crippen LogP contribution in [0.15, 0.2) is 54.6 Å². The molecule has 0 amide bonds. The lowest BCUT2D eigenvalue weighted by Crippen LogP contribution is -2.03. The van der Waals surface area contributed by atoms with E-state index in [1.807, 2.05) is 24.3 Å². The zero-order chi connectivity index (χ0) is 18.1. The summed E-state index contributed by atoms with van der Waals surface area (Å²) in [6.45, 7) is 2.07. The summed E-state index contributed by atoms with van der Waals surface area (Å²) in [6, 6.07) is 15.8. The molecule has 0 aliphatic carbocycles. The molecule has 0 heterocycles. The fourth-order valence-corrected chi connectivity index (χ4v) is 2.84. The maximum Gasteiger partial charge on any atom is 0.303 e. The monoisotopic (exact) mass is 338 g/mol. The zero-order valence-corrected chi connectivity index (χ0v) is 14.7. The Balaban J connectivity index is 2.03. The average Bonchev–Trinajstić information content (AvgIpc) is 2.59. The number of benzene rings is 2. The molecule has 0 aromatic heterocycles. The number of allylic oxidation sites excluding steroid dienone is 1.